The van der Waals surface area contributed by atoms with Gasteiger partial charge in [0.2, 0.25) is 0 Å². The Morgan fingerprint density at radius 1 is 1.14 bits per heavy atom. The van der Waals surface area contributed by atoms with Gasteiger partial charge >= 0.3 is 0 Å². The molecule has 1 aromatic carbocycles. The minimum atomic E-state index is 0.558. The Kier molecular flexibility index (Phi) is 5.83. The summed E-state index contributed by atoms with van der Waals surface area (Å²) in [6, 6.07) is 6.10. The Labute approximate surface area is 124 Å². The molecule has 0 atom stereocenters. The van der Waals surface area contributed by atoms with Gasteiger partial charge in [0.25, 0.3) is 6.01 Å². The van der Waals surface area contributed by atoms with Gasteiger partial charge in [-0.25, -0.2) is 0 Å². The number of aromatic nitrogens is 1. The van der Waals surface area contributed by atoms with Gasteiger partial charge in [-0.2, -0.15) is 4.98 Å². The smallest absolute Gasteiger partial charge is 0.298 e. The highest BCUT2D eigenvalue weighted by molar-refractivity contribution is 5.86. The zero-order valence-corrected chi connectivity index (χ0v) is 12.7. The summed E-state index contributed by atoms with van der Waals surface area (Å²) in [5.74, 6) is 0. The van der Waals surface area contributed by atoms with Crippen LogP contribution in [-0.4, -0.2) is 44.5 Å². The highest BCUT2D eigenvalue weighted by Gasteiger charge is 2.15. The molecule has 0 bridgehead atoms. The number of benzene rings is 1. The summed E-state index contributed by atoms with van der Waals surface area (Å²) in [4.78, 5) is 6.51. The fourth-order valence-corrected chi connectivity index (χ4v) is 2.03. The molecule has 0 spiro atoms. The highest BCUT2D eigenvalue weighted by atomic mass is 16.5. The fourth-order valence-electron chi connectivity index (χ4n) is 2.03. The van der Waals surface area contributed by atoms with Crippen LogP contribution < -0.4 is 10.6 Å². The zero-order valence-electron chi connectivity index (χ0n) is 12.7. The molecule has 0 amide bonds. The van der Waals surface area contributed by atoms with E-state index in [0.717, 1.165) is 0 Å². The second-order valence-electron chi connectivity index (χ2n) is 4.57. The molecule has 1 heterocycles. The minimum Gasteiger partial charge on any atom is -0.423 e. The van der Waals surface area contributed by atoms with Crippen molar-refractivity contribution in [1.29, 1.82) is 0 Å². The van der Waals surface area contributed by atoms with Crippen LogP contribution in [0.25, 0.3) is 11.1 Å². The van der Waals surface area contributed by atoms with Crippen LogP contribution in [0.1, 0.15) is 13.8 Å². The van der Waals surface area contributed by atoms with Crippen molar-refractivity contribution in [3.05, 3.63) is 18.2 Å². The molecule has 0 fully saturated rings. The number of hydrogen-bond acceptors (Lipinski definition) is 6. The second-order valence-corrected chi connectivity index (χ2v) is 4.57. The van der Waals surface area contributed by atoms with Crippen LogP contribution in [0.4, 0.5) is 11.7 Å². The summed E-state index contributed by atoms with van der Waals surface area (Å²) in [7, 11) is 0. The predicted molar refractivity (Wildman–Crippen MR) is 83.6 cm³/mol. The number of nitrogens with two attached hydrogens (primary N) is 1. The molecular formula is C15H23N3O3. The van der Waals surface area contributed by atoms with Crippen LogP contribution in [0.15, 0.2) is 22.6 Å². The van der Waals surface area contributed by atoms with Gasteiger partial charge in [-0.3, -0.25) is 0 Å². The molecule has 0 saturated heterocycles. The number of rotatable bonds is 9. The van der Waals surface area contributed by atoms with Crippen LogP contribution in [0.2, 0.25) is 0 Å². The third-order valence-corrected chi connectivity index (χ3v) is 3.13. The fraction of sp³-hybridized carbons (Fsp3) is 0.533. The summed E-state index contributed by atoms with van der Waals surface area (Å²) in [5, 5.41) is 0. The monoisotopic (exact) mass is 293 g/mol. The zero-order chi connectivity index (χ0) is 15.1. The molecule has 2 N–H and O–H groups in total. The van der Waals surface area contributed by atoms with Crippen LogP contribution in [0, 0.1) is 0 Å². The van der Waals surface area contributed by atoms with Gasteiger partial charge in [0, 0.05) is 26.3 Å². The van der Waals surface area contributed by atoms with Crippen molar-refractivity contribution in [2.75, 3.05) is 50.2 Å². The van der Waals surface area contributed by atoms with E-state index in [1.807, 2.05) is 36.9 Å². The third kappa shape index (κ3) is 4.09. The lowest BCUT2D eigenvalue weighted by molar-refractivity contribution is 0.140. The summed E-state index contributed by atoms with van der Waals surface area (Å²) in [5.41, 5.74) is 7.94. The summed E-state index contributed by atoms with van der Waals surface area (Å²) >= 11 is 0. The van der Waals surface area contributed by atoms with E-state index in [0.29, 0.717) is 62.3 Å². The lowest BCUT2D eigenvalue weighted by atomic mass is 10.3. The summed E-state index contributed by atoms with van der Waals surface area (Å²) in [6.07, 6.45) is 0. The molecule has 0 saturated carbocycles. The molecule has 0 unspecified atom stereocenters. The number of ether oxygens (including phenoxy) is 2. The summed E-state index contributed by atoms with van der Waals surface area (Å²) < 4.78 is 16.6. The van der Waals surface area contributed by atoms with Gasteiger partial charge in [0.15, 0.2) is 5.58 Å². The average molecular weight is 293 g/mol. The van der Waals surface area contributed by atoms with Crippen LogP contribution in [0.3, 0.4) is 0 Å². The van der Waals surface area contributed by atoms with E-state index in [2.05, 4.69) is 4.98 Å². The molecule has 6 nitrogen and oxygen atoms in total. The molecule has 0 aliphatic heterocycles. The quantitative estimate of drug-likeness (QED) is 0.565. The largest absolute Gasteiger partial charge is 0.423 e. The first-order chi connectivity index (χ1) is 10.3. The van der Waals surface area contributed by atoms with E-state index in [4.69, 9.17) is 19.6 Å². The Balaban J connectivity index is 2.14. The van der Waals surface area contributed by atoms with Gasteiger partial charge in [-0.05, 0) is 26.0 Å². The Hall–Kier alpha value is -1.79. The van der Waals surface area contributed by atoms with Crippen molar-refractivity contribution < 1.29 is 13.9 Å². The normalized spacial score (nSPS) is 11.1. The number of hydrogen-bond donors (Lipinski definition) is 1. The van der Waals surface area contributed by atoms with Crippen molar-refractivity contribution in [1.82, 2.24) is 4.98 Å². The van der Waals surface area contributed by atoms with Gasteiger partial charge in [-0.15, -0.1) is 0 Å². The van der Waals surface area contributed by atoms with Crippen LogP contribution in [-0.2, 0) is 9.47 Å². The minimum absolute atomic E-state index is 0.558. The van der Waals surface area contributed by atoms with Gasteiger partial charge in [0.05, 0.1) is 18.9 Å². The van der Waals surface area contributed by atoms with Crippen LogP contribution >= 0.6 is 0 Å². The predicted octanol–water partition coefficient (Wildman–Crippen LogP) is 2.29. The Morgan fingerprint density at radius 2 is 1.81 bits per heavy atom. The van der Waals surface area contributed by atoms with E-state index in [1.165, 1.54) is 0 Å². The summed E-state index contributed by atoms with van der Waals surface area (Å²) in [6.45, 7) is 7.99. The van der Waals surface area contributed by atoms with Crippen molar-refractivity contribution >= 4 is 22.8 Å². The molecule has 0 aliphatic rings. The maximum absolute atomic E-state index is 5.92. The Bertz CT molecular complexity index is 546. The van der Waals surface area contributed by atoms with E-state index in [1.54, 1.807) is 0 Å². The molecule has 1 aromatic heterocycles. The Morgan fingerprint density at radius 3 is 2.38 bits per heavy atom. The molecule has 2 aromatic rings. The van der Waals surface area contributed by atoms with E-state index >= 15 is 0 Å². The topological polar surface area (TPSA) is 73.8 Å². The van der Waals surface area contributed by atoms with Crippen molar-refractivity contribution in [2.45, 2.75) is 13.8 Å². The van der Waals surface area contributed by atoms with E-state index in [-0.39, 0.29) is 0 Å². The number of oxazole rings is 1. The van der Waals surface area contributed by atoms with Crippen molar-refractivity contribution in [3.8, 4) is 0 Å². The van der Waals surface area contributed by atoms with Crippen molar-refractivity contribution in [3.63, 3.8) is 0 Å². The van der Waals surface area contributed by atoms with Gasteiger partial charge in [-0.1, -0.05) is 6.07 Å². The molecular weight excluding hydrogens is 270 g/mol. The van der Waals surface area contributed by atoms with E-state index < -0.39 is 0 Å². The maximum atomic E-state index is 5.92. The van der Waals surface area contributed by atoms with Gasteiger partial charge in [0.1, 0.15) is 5.52 Å². The highest BCUT2D eigenvalue weighted by Crippen LogP contribution is 2.25. The second kappa shape index (κ2) is 7.85. The lowest BCUT2D eigenvalue weighted by Crippen LogP contribution is -2.31. The molecule has 0 aliphatic carbocycles. The third-order valence-electron chi connectivity index (χ3n) is 3.13. The van der Waals surface area contributed by atoms with Crippen LogP contribution in [0.5, 0.6) is 0 Å². The molecule has 116 valence electrons. The molecule has 6 heteroatoms. The molecule has 21 heavy (non-hydrogen) atoms. The standard InChI is InChI=1S/C15H23N3O3/c1-3-19-10-8-18(9-11-20-4-2)15-17-14-12(16)6-5-7-13(14)21-15/h5-7H,3-4,8-11,16H2,1-2H3. The number of para-hydroxylation sites is 1. The lowest BCUT2D eigenvalue weighted by Gasteiger charge is -2.20. The first-order valence-electron chi connectivity index (χ1n) is 7.31. The number of nitrogen functional groups attached to an aromatic ring is 1. The first-order valence-corrected chi connectivity index (χ1v) is 7.31. The number of anilines is 2. The number of nitrogens with zero attached hydrogens (tertiary/aromatic N) is 2. The first kappa shape index (κ1) is 15.6. The maximum Gasteiger partial charge on any atom is 0.298 e. The molecule has 2 rings (SSSR count). The SMILES string of the molecule is CCOCCN(CCOCC)c1nc2c(N)cccc2o1. The van der Waals surface area contributed by atoms with Crippen molar-refractivity contribution in [2.24, 2.45) is 0 Å². The van der Waals surface area contributed by atoms with Gasteiger partial charge < -0.3 is 24.5 Å². The number of fused-ring (bicyclic) bond motifs is 1. The average Bonchev–Trinajstić information content (AvgIpc) is 2.91. The molecule has 0 radical (unpaired) electrons. The van der Waals surface area contributed by atoms with E-state index in [9.17, 15) is 0 Å².